The number of aryl methyl sites for hydroxylation is 1. The van der Waals surface area contributed by atoms with Gasteiger partial charge in [-0.05, 0) is 36.8 Å². The largest absolute Gasteiger partial charge is 0.493 e. The highest BCUT2D eigenvalue weighted by atomic mass is 16.5. The summed E-state index contributed by atoms with van der Waals surface area (Å²) in [5.74, 6) is 1.19. The van der Waals surface area contributed by atoms with Crippen LogP contribution in [0.4, 0.5) is 0 Å². The number of carboxylic acids is 1. The molecule has 0 aliphatic carbocycles. The molecule has 128 valence electrons. The topological polar surface area (TPSA) is 72.6 Å². The number of oxazole rings is 1. The number of ether oxygens (including phenoxy) is 1. The summed E-state index contributed by atoms with van der Waals surface area (Å²) in [6.45, 7) is 2.35. The second kappa shape index (κ2) is 7.66. The number of nitrogens with zero attached hydrogens (tertiary/aromatic N) is 1. The molecule has 0 unspecified atom stereocenters. The van der Waals surface area contributed by atoms with E-state index in [2.05, 4.69) is 4.98 Å². The molecule has 0 fully saturated rings. The first-order valence-corrected chi connectivity index (χ1v) is 8.07. The van der Waals surface area contributed by atoms with E-state index in [4.69, 9.17) is 14.3 Å². The predicted octanol–water partition coefficient (Wildman–Crippen LogP) is 3.90. The van der Waals surface area contributed by atoms with Crippen LogP contribution >= 0.6 is 0 Å². The van der Waals surface area contributed by atoms with Gasteiger partial charge in [-0.1, -0.05) is 30.3 Å². The van der Waals surface area contributed by atoms with Gasteiger partial charge >= 0.3 is 5.97 Å². The molecule has 0 atom stereocenters. The van der Waals surface area contributed by atoms with Gasteiger partial charge < -0.3 is 14.3 Å². The third-order valence-corrected chi connectivity index (χ3v) is 3.77. The second-order valence-electron chi connectivity index (χ2n) is 5.71. The van der Waals surface area contributed by atoms with Crippen molar-refractivity contribution in [2.45, 2.75) is 19.8 Å². The summed E-state index contributed by atoms with van der Waals surface area (Å²) in [4.78, 5) is 15.2. The fraction of sp³-hybridized carbons (Fsp3) is 0.200. The second-order valence-corrected chi connectivity index (χ2v) is 5.71. The van der Waals surface area contributed by atoms with Gasteiger partial charge in [0.05, 0.1) is 18.7 Å². The third kappa shape index (κ3) is 4.47. The molecule has 0 bridgehead atoms. The minimum Gasteiger partial charge on any atom is -0.493 e. The number of aliphatic carboxylic acids is 1. The highest BCUT2D eigenvalue weighted by Gasteiger charge is 2.11. The van der Waals surface area contributed by atoms with E-state index in [0.29, 0.717) is 30.2 Å². The van der Waals surface area contributed by atoms with Crippen LogP contribution in [-0.2, 0) is 17.6 Å². The lowest BCUT2D eigenvalue weighted by Crippen LogP contribution is -2.03. The molecule has 0 aliphatic rings. The molecule has 5 nitrogen and oxygen atoms in total. The first-order valence-electron chi connectivity index (χ1n) is 8.07. The van der Waals surface area contributed by atoms with Crippen molar-refractivity contribution in [3.63, 3.8) is 0 Å². The number of hydrogen-bond donors (Lipinski definition) is 1. The number of carbonyl (C=O) groups is 1. The van der Waals surface area contributed by atoms with Crippen LogP contribution in [0.1, 0.15) is 17.0 Å². The molecule has 25 heavy (non-hydrogen) atoms. The fourth-order valence-electron chi connectivity index (χ4n) is 2.55. The van der Waals surface area contributed by atoms with Crippen molar-refractivity contribution >= 4 is 5.97 Å². The number of carboxylic acid groups (broad SMARTS) is 1. The SMILES string of the molecule is Cc1nc(-c2ccccc2)oc1CCOc1cccc(CC(=O)O)c1. The highest BCUT2D eigenvalue weighted by Crippen LogP contribution is 2.22. The molecular weight excluding hydrogens is 318 g/mol. The molecule has 1 heterocycles. The van der Waals surface area contributed by atoms with E-state index < -0.39 is 5.97 Å². The van der Waals surface area contributed by atoms with E-state index in [1.807, 2.05) is 43.3 Å². The van der Waals surface area contributed by atoms with Crippen molar-refractivity contribution in [3.8, 4) is 17.2 Å². The monoisotopic (exact) mass is 337 g/mol. The molecule has 0 saturated heterocycles. The molecule has 1 aromatic heterocycles. The fourth-order valence-corrected chi connectivity index (χ4v) is 2.55. The quantitative estimate of drug-likeness (QED) is 0.708. The standard InChI is InChI=1S/C20H19NO4/c1-14-18(25-20(21-14)16-7-3-2-4-8-16)10-11-24-17-9-5-6-15(12-17)13-19(22)23/h2-9,12H,10-11,13H2,1H3,(H,22,23). The molecule has 0 saturated carbocycles. The predicted molar refractivity (Wildman–Crippen MR) is 93.7 cm³/mol. The molecule has 0 amide bonds. The van der Waals surface area contributed by atoms with Crippen molar-refractivity contribution < 1.29 is 19.1 Å². The highest BCUT2D eigenvalue weighted by molar-refractivity contribution is 5.70. The zero-order valence-corrected chi connectivity index (χ0v) is 13.9. The van der Waals surface area contributed by atoms with Gasteiger partial charge in [-0.2, -0.15) is 0 Å². The van der Waals surface area contributed by atoms with Gasteiger partial charge in [-0.25, -0.2) is 4.98 Å². The average molecular weight is 337 g/mol. The van der Waals surface area contributed by atoms with Gasteiger partial charge in [-0.15, -0.1) is 0 Å². The molecule has 3 rings (SSSR count). The van der Waals surface area contributed by atoms with Gasteiger partial charge in [0.1, 0.15) is 11.5 Å². The first kappa shape index (κ1) is 16.8. The molecule has 0 radical (unpaired) electrons. The molecule has 1 N–H and O–H groups in total. The van der Waals surface area contributed by atoms with Crippen molar-refractivity contribution in [2.75, 3.05) is 6.61 Å². The normalized spacial score (nSPS) is 10.6. The minimum absolute atomic E-state index is 0.0150. The summed E-state index contributed by atoms with van der Waals surface area (Å²) in [6, 6.07) is 16.9. The van der Waals surface area contributed by atoms with Crippen molar-refractivity contribution in [1.82, 2.24) is 4.98 Å². The Morgan fingerprint density at radius 3 is 2.72 bits per heavy atom. The maximum atomic E-state index is 10.8. The van der Waals surface area contributed by atoms with E-state index in [0.717, 1.165) is 17.0 Å². The van der Waals surface area contributed by atoms with Crippen LogP contribution in [0.3, 0.4) is 0 Å². The van der Waals surface area contributed by atoms with Crippen LogP contribution in [-0.4, -0.2) is 22.7 Å². The van der Waals surface area contributed by atoms with Crippen LogP contribution in [0.5, 0.6) is 5.75 Å². The van der Waals surface area contributed by atoms with Crippen molar-refractivity contribution in [3.05, 3.63) is 71.6 Å². The van der Waals surface area contributed by atoms with E-state index in [1.165, 1.54) is 0 Å². The van der Waals surface area contributed by atoms with E-state index in [9.17, 15) is 4.79 Å². The summed E-state index contributed by atoms with van der Waals surface area (Å²) in [5, 5.41) is 8.85. The summed E-state index contributed by atoms with van der Waals surface area (Å²) in [6.07, 6.45) is 0.577. The number of aromatic nitrogens is 1. The Hall–Kier alpha value is -3.08. The summed E-state index contributed by atoms with van der Waals surface area (Å²) < 4.78 is 11.6. The van der Waals surface area contributed by atoms with Crippen LogP contribution < -0.4 is 4.74 Å². The molecular formula is C20H19NO4. The minimum atomic E-state index is -0.858. The zero-order valence-electron chi connectivity index (χ0n) is 13.9. The summed E-state index contributed by atoms with van der Waals surface area (Å²) in [5.41, 5.74) is 2.51. The maximum Gasteiger partial charge on any atom is 0.307 e. The lowest BCUT2D eigenvalue weighted by atomic mass is 10.1. The molecule has 2 aromatic carbocycles. The third-order valence-electron chi connectivity index (χ3n) is 3.77. The van der Waals surface area contributed by atoms with E-state index in [1.54, 1.807) is 18.2 Å². The van der Waals surface area contributed by atoms with Crippen LogP contribution in [0.2, 0.25) is 0 Å². The Morgan fingerprint density at radius 1 is 1.16 bits per heavy atom. The van der Waals surface area contributed by atoms with Crippen molar-refractivity contribution in [1.29, 1.82) is 0 Å². The molecule has 0 spiro atoms. The van der Waals surface area contributed by atoms with E-state index >= 15 is 0 Å². The van der Waals surface area contributed by atoms with Gasteiger partial charge in [0.25, 0.3) is 0 Å². The lowest BCUT2D eigenvalue weighted by Gasteiger charge is -2.06. The van der Waals surface area contributed by atoms with E-state index in [-0.39, 0.29) is 6.42 Å². The maximum absolute atomic E-state index is 10.8. The Labute approximate surface area is 145 Å². The first-order chi connectivity index (χ1) is 12.1. The van der Waals surface area contributed by atoms with Crippen LogP contribution in [0.15, 0.2) is 59.0 Å². The van der Waals surface area contributed by atoms with Gasteiger partial charge in [0.2, 0.25) is 5.89 Å². The van der Waals surface area contributed by atoms with Crippen molar-refractivity contribution in [2.24, 2.45) is 0 Å². The van der Waals surface area contributed by atoms with Crippen LogP contribution in [0.25, 0.3) is 11.5 Å². The number of rotatable bonds is 7. The number of hydrogen-bond acceptors (Lipinski definition) is 4. The van der Waals surface area contributed by atoms with Gasteiger partial charge in [0, 0.05) is 12.0 Å². The molecule has 5 heteroatoms. The lowest BCUT2D eigenvalue weighted by molar-refractivity contribution is -0.136. The molecule has 3 aromatic rings. The molecule has 0 aliphatic heterocycles. The Balaban J connectivity index is 1.61. The average Bonchev–Trinajstić information content (AvgIpc) is 2.96. The zero-order chi connectivity index (χ0) is 17.6. The summed E-state index contributed by atoms with van der Waals surface area (Å²) >= 11 is 0. The van der Waals surface area contributed by atoms with Crippen LogP contribution in [0, 0.1) is 6.92 Å². The Bertz CT molecular complexity index is 855. The Morgan fingerprint density at radius 2 is 1.96 bits per heavy atom. The Kier molecular flexibility index (Phi) is 5.14. The summed E-state index contributed by atoms with van der Waals surface area (Å²) in [7, 11) is 0. The van der Waals surface area contributed by atoms with Gasteiger partial charge in [-0.3, -0.25) is 4.79 Å². The van der Waals surface area contributed by atoms with Gasteiger partial charge in [0.15, 0.2) is 0 Å². The number of benzene rings is 2. The smallest absolute Gasteiger partial charge is 0.307 e.